The number of carbonyl (C=O) groups excluding carboxylic acids is 1. The predicted molar refractivity (Wildman–Crippen MR) is 97.7 cm³/mol. The molecule has 6 nitrogen and oxygen atoms in total. The van der Waals surface area contributed by atoms with Crippen LogP contribution in [0, 0.1) is 5.82 Å². The molecule has 1 amide bonds. The van der Waals surface area contributed by atoms with Crippen LogP contribution in [0.5, 0.6) is 5.75 Å². The lowest BCUT2D eigenvalue weighted by molar-refractivity contribution is -0.128. The summed E-state index contributed by atoms with van der Waals surface area (Å²) in [4.78, 5) is 16.5. The minimum Gasteiger partial charge on any atom is -0.478 e. The molecule has 0 radical (unpaired) electrons. The summed E-state index contributed by atoms with van der Waals surface area (Å²) in [5.41, 5.74) is 0.745. The van der Waals surface area contributed by atoms with E-state index in [9.17, 15) is 9.18 Å². The third-order valence-electron chi connectivity index (χ3n) is 3.75. The first-order chi connectivity index (χ1) is 13.1. The summed E-state index contributed by atoms with van der Waals surface area (Å²) in [6.45, 7) is 1.81. The first-order valence-electron chi connectivity index (χ1n) is 8.34. The second kappa shape index (κ2) is 8.64. The Balaban J connectivity index is 1.59. The van der Waals surface area contributed by atoms with Crippen LogP contribution in [0.1, 0.15) is 19.2 Å². The van der Waals surface area contributed by atoms with Gasteiger partial charge >= 0.3 is 0 Å². The van der Waals surface area contributed by atoms with Crippen LogP contribution in [-0.2, 0) is 11.3 Å². The fourth-order valence-corrected chi connectivity index (χ4v) is 2.46. The smallest absolute Gasteiger partial charge is 0.261 e. The van der Waals surface area contributed by atoms with E-state index in [1.807, 2.05) is 0 Å². The minimum atomic E-state index is -0.833. The van der Waals surface area contributed by atoms with Crippen molar-refractivity contribution in [1.29, 1.82) is 0 Å². The van der Waals surface area contributed by atoms with Crippen LogP contribution >= 0.6 is 11.6 Å². The largest absolute Gasteiger partial charge is 0.478 e. The van der Waals surface area contributed by atoms with E-state index in [2.05, 4.69) is 15.5 Å². The summed E-state index contributed by atoms with van der Waals surface area (Å²) in [6.07, 6.45) is -0.458. The lowest BCUT2D eigenvalue weighted by atomic mass is 10.2. The van der Waals surface area contributed by atoms with Gasteiger partial charge in [-0.05, 0) is 42.8 Å². The molecule has 27 heavy (non-hydrogen) atoms. The van der Waals surface area contributed by atoms with E-state index in [1.165, 1.54) is 12.1 Å². The second-order valence-electron chi connectivity index (χ2n) is 5.68. The molecule has 0 unspecified atom stereocenters. The maximum Gasteiger partial charge on any atom is 0.261 e. The molecule has 140 valence electrons. The molecule has 1 N–H and O–H groups in total. The van der Waals surface area contributed by atoms with Gasteiger partial charge in [0.1, 0.15) is 0 Å². The molecule has 0 saturated carbocycles. The van der Waals surface area contributed by atoms with E-state index in [1.54, 1.807) is 43.3 Å². The molecule has 1 aromatic heterocycles. The normalized spacial score (nSPS) is 11.8. The highest BCUT2D eigenvalue weighted by Crippen LogP contribution is 2.19. The second-order valence-corrected chi connectivity index (χ2v) is 6.12. The van der Waals surface area contributed by atoms with Crippen molar-refractivity contribution in [3.8, 4) is 17.1 Å². The number of nitrogens with one attached hydrogen (secondary N) is 1. The van der Waals surface area contributed by atoms with Crippen molar-refractivity contribution < 1.29 is 18.4 Å². The topological polar surface area (TPSA) is 77.2 Å². The number of para-hydroxylation sites is 1. The number of hydrogen-bond donors (Lipinski definition) is 1. The molecule has 8 heteroatoms. The third-order valence-corrected chi connectivity index (χ3v) is 4.01. The van der Waals surface area contributed by atoms with Crippen LogP contribution in [0.3, 0.4) is 0 Å². The van der Waals surface area contributed by atoms with E-state index in [-0.39, 0.29) is 18.2 Å². The molecule has 1 heterocycles. The molecule has 0 aliphatic rings. The third kappa shape index (κ3) is 4.83. The molecule has 2 aromatic carbocycles. The maximum absolute atomic E-state index is 13.7. The standard InChI is InChI=1S/C19H17ClFN3O3/c1-2-15(26-16-6-4-3-5-14(16)21)19(25)22-11-17-23-18(24-27-17)12-7-9-13(20)10-8-12/h3-10,15H,2,11H2,1H3,(H,22,25)/t15-/m0/s1. The number of carbonyl (C=O) groups is 1. The fraction of sp³-hybridized carbons (Fsp3) is 0.211. The maximum atomic E-state index is 13.7. The van der Waals surface area contributed by atoms with E-state index in [4.69, 9.17) is 20.9 Å². The highest BCUT2D eigenvalue weighted by Gasteiger charge is 2.20. The lowest BCUT2D eigenvalue weighted by Crippen LogP contribution is -2.37. The van der Waals surface area contributed by atoms with Gasteiger partial charge in [0.2, 0.25) is 11.7 Å². The van der Waals surface area contributed by atoms with Crippen molar-refractivity contribution >= 4 is 17.5 Å². The van der Waals surface area contributed by atoms with Crippen molar-refractivity contribution in [2.45, 2.75) is 26.0 Å². The van der Waals surface area contributed by atoms with Gasteiger partial charge in [0.15, 0.2) is 17.7 Å². The van der Waals surface area contributed by atoms with Gasteiger partial charge < -0.3 is 14.6 Å². The van der Waals surface area contributed by atoms with Gasteiger partial charge in [-0.3, -0.25) is 4.79 Å². The highest BCUT2D eigenvalue weighted by atomic mass is 35.5. The van der Waals surface area contributed by atoms with E-state index in [0.29, 0.717) is 17.3 Å². The van der Waals surface area contributed by atoms with Crippen LogP contribution in [0.4, 0.5) is 4.39 Å². The van der Waals surface area contributed by atoms with E-state index < -0.39 is 17.8 Å². The Bertz CT molecular complexity index is 915. The summed E-state index contributed by atoms with van der Waals surface area (Å²) in [7, 11) is 0. The average molecular weight is 390 g/mol. The Labute approximate surface area is 160 Å². The van der Waals surface area contributed by atoms with Crippen LogP contribution in [0.2, 0.25) is 5.02 Å². The molecule has 0 aliphatic carbocycles. The quantitative estimate of drug-likeness (QED) is 0.660. The number of aromatic nitrogens is 2. The Morgan fingerprint density at radius 3 is 2.70 bits per heavy atom. The zero-order chi connectivity index (χ0) is 19.2. The zero-order valence-electron chi connectivity index (χ0n) is 14.5. The summed E-state index contributed by atoms with van der Waals surface area (Å²) < 4.78 is 24.3. The fourth-order valence-electron chi connectivity index (χ4n) is 2.34. The first-order valence-corrected chi connectivity index (χ1v) is 8.72. The average Bonchev–Trinajstić information content (AvgIpc) is 3.15. The van der Waals surface area contributed by atoms with Crippen molar-refractivity contribution in [2.75, 3.05) is 0 Å². The van der Waals surface area contributed by atoms with Crippen LogP contribution in [0.15, 0.2) is 53.1 Å². The highest BCUT2D eigenvalue weighted by molar-refractivity contribution is 6.30. The van der Waals surface area contributed by atoms with Gasteiger partial charge in [0.25, 0.3) is 5.91 Å². The Morgan fingerprint density at radius 1 is 1.26 bits per heavy atom. The van der Waals surface area contributed by atoms with Gasteiger partial charge in [0, 0.05) is 10.6 Å². The molecule has 3 aromatic rings. The molecule has 0 spiro atoms. The number of rotatable bonds is 7. The number of nitrogens with zero attached hydrogens (tertiary/aromatic N) is 2. The van der Waals surface area contributed by atoms with Crippen LogP contribution < -0.4 is 10.1 Å². The van der Waals surface area contributed by atoms with Gasteiger partial charge in [-0.25, -0.2) is 4.39 Å². The summed E-state index contributed by atoms with van der Waals surface area (Å²) in [6, 6.07) is 12.9. The van der Waals surface area contributed by atoms with Crippen molar-refractivity contribution in [2.24, 2.45) is 0 Å². The summed E-state index contributed by atoms with van der Waals surface area (Å²) in [5, 5.41) is 7.14. The summed E-state index contributed by atoms with van der Waals surface area (Å²) >= 11 is 5.85. The molecule has 0 bridgehead atoms. The Kier molecular flexibility index (Phi) is 6.03. The number of hydrogen-bond acceptors (Lipinski definition) is 5. The minimum absolute atomic E-state index is 0.0299. The SMILES string of the molecule is CC[C@H](Oc1ccccc1F)C(=O)NCc1nc(-c2ccc(Cl)cc2)no1. The predicted octanol–water partition coefficient (Wildman–Crippen LogP) is 4.00. The van der Waals surface area contributed by atoms with Crippen LogP contribution in [-0.4, -0.2) is 22.2 Å². The number of ether oxygens (including phenoxy) is 1. The molecular formula is C19H17ClFN3O3. The van der Waals surface area contributed by atoms with Crippen molar-refractivity contribution in [3.05, 3.63) is 65.3 Å². The summed E-state index contributed by atoms with van der Waals surface area (Å²) in [5.74, 6) is -0.248. The number of amides is 1. The van der Waals surface area contributed by atoms with E-state index in [0.717, 1.165) is 5.56 Å². The molecular weight excluding hydrogens is 373 g/mol. The van der Waals surface area contributed by atoms with Crippen molar-refractivity contribution in [3.63, 3.8) is 0 Å². The molecule has 1 atom stereocenters. The number of halogens is 2. The van der Waals surface area contributed by atoms with Gasteiger partial charge in [0.05, 0.1) is 6.54 Å². The van der Waals surface area contributed by atoms with Crippen LogP contribution in [0.25, 0.3) is 11.4 Å². The molecule has 0 fully saturated rings. The lowest BCUT2D eigenvalue weighted by Gasteiger charge is -2.17. The van der Waals surface area contributed by atoms with E-state index >= 15 is 0 Å². The number of benzene rings is 2. The van der Waals surface area contributed by atoms with Gasteiger partial charge in [-0.15, -0.1) is 0 Å². The molecule has 0 aliphatic heterocycles. The zero-order valence-corrected chi connectivity index (χ0v) is 15.2. The van der Waals surface area contributed by atoms with Gasteiger partial charge in [-0.2, -0.15) is 4.98 Å². The first kappa shape index (κ1) is 18.8. The monoisotopic (exact) mass is 389 g/mol. The Hall–Kier alpha value is -2.93. The molecule has 3 rings (SSSR count). The van der Waals surface area contributed by atoms with Crippen molar-refractivity contribution in [1.82, 2.24) is 15.5 Å². The molecule has 0 saturated heterocycles. The van der Waals surface area contributed by atoms with Gasteiger partial charge in [-0.1, -0.05) is 35.8 Å². The Morgan fingerprint density at radius 2 is 2.00 bits per heavy atom.